The smallest absolute Gasteiger partial charge is 0.119 e. The van der Waals surface area contributed by atoms with E-state index in [-0.39, 0.29) is 0 Å². The zero-order valence-electron chi connectivity index (χ0n) is 10.3. The SMILES string of the molecule is CC(COc1ccc(Cl)cc1)CC1CCNC1. The Morgan fingerprint density at radius 1 is 1.41 bits per heavy atom. The van der Waals surface area contributed by atoms with Gasteiger partial charge in [-0.25, -0.2) is 0 Å². The van der Waals surface area contributed by atoms with E-state index in [1.165, 1.54) is 25.9 Å². The lowest BCUT2D eigenvalue weighted by molar-refractivity contribution is 0.235. The summed E-state index contributed by atoms with van der Waals surface area (Å²) in [6.45, 7) is 5.40. The van der Waals surface area contributed by atoms with E-state index in [0.717, 1.165) is 23.3 Å². The average molecular weight is 254 g/mol. The summed E-state index contributed by atoms with van der Waals surface area (Å²) in [5, 5.41) is 4.15. The molecule has 0 aromatic heterocycles. The maximum Gasteiger partial charge on any atom is 0.119 e. The fraction of sp³-hybridized carbons (Fsp3) is 0.571. The lowest BCUT2D eigenvalue weighted by Crippen LogP contribution is -2.15. The van der Waals surface area contributed by atoms with Crippen LogP contribution >= 0.6 is 11.6 Å². The van der Waals surface area contributed by atoms with Crippen LogP contribution in [-0.2, 0) is 0 Å². The summed E-state index contributed by atoms with van der Waals surface area (Å²) >= 11 is 5.83. The Morgan fingerprint density at radius 3 is 2.82 bits per heavy atom. The Hall–Kier alpha value is -0.730. The predicted octanol–water partition coefficient (Wildman–Crippen LogP) is 3.35. The van der Waals surface area contributed by atoms with E-state index in [1.54, 1.807) is 0 Å². The number of ether oxygens (including phenoxy) is 1. The first-order chi connectivity index (χ1) is 8.24. The molecule has 1 aliphatic heterocycles. The maximum absolute atomic E-state index is 5.83. The highest BCUT2D eigenvalue weighted by molar-refractivity contribution is 6.30. The van der Waals surface area contributed by atoms with E-state index in [4.69, 9.17) is 16.3 Å². The molecular formula is C14H20ClNO. The zero-order valence-corrected chi connectivity index (χ0v) is 11.0. The normalized spacial score (nSPS) is 21.4. The number of hydrogen-bond donors (Lipinski definition) is 1. The van der Waals surface area contributed by atoms with E-state index in [9.17, 15) is 0 Å². The molecule has 1 fully saturated rings. The number of benzene rings is 1. The highest BCUT2D eigenvalue weighted by Crippen LogP contribution is 2.20. The predicted molar refractivity (Wildman–Crippen MR) is 71.7 cm³/mol. The lowest BCUT2D eigenvalue weighted by Gasteiger charge is -2.16. The summed E-state index contributed by atoms with van der Waals surface area (Å²) < 4.78 is 5.75. The Bertz CT molecular complexity index is 333. The molecule has 0 bridgehead atoms. The van der Waals surface area contributed by atoms with Crippen molar-refractivity contribution in [2.45, 2.75) is 19.8 Å². The highest BCUT2D eigenvalue weighted by atomic mass is 35.5. The molecule has 0 spiro atoms. The summed E-state index contributed by atoms with van der Waals surface area (Å²) in [6.07, 6.45) is 2.56. The molecule has 1 heterocycles. The number of halogens is 1. The Morgan fingerprint density at radius 2 is 2.18 bits per heavy atom. The largest absolute Gasteiger partial charge is 0.493 e. The third kappa shape index (κ3) is 4.21. The van der Waals surface area contributed by atoms with Crippen LogP contribution in [0.3, 0.4) is 0 Å². The van der Waals surface area contributed by atoms with Crippen LogP contribution in [0.25, 0.3) is 0 Å². The van der Waals surface area contributed by atoms with Gasteiger partial charge < -0.3 is 10.1 Å². The average Bonchev–Trinajstić information content (AvgIpc) is 2.81. The monoisotopic (exact) mass is 253 g/mol. The van der Waals surface area contributed by atoms with Gasteiger partial charge >= 0.3 is 0 Å². The van der Waals surface area contributed by atoms with E-state index in [2.05, 4.69) is 12.2 Å². The Kier molecular flexibility index (Phi) is 4.69. The molecule has 0 amide bonds. The number of hydrogen-bond acceptors (Lipinski definition) is 2. The van der Waals surface area contributed by atoms with Crippen LogP contribution in [0.15, 0.2) is 24.3 Å². The molecule has 1 aliphatic rings. The van der Waals surface area contributed by atoms with Crippen LogP contribution in [0.1, 0.15) is 19.8 Å². The van der Waals surface area contributed by atoms with E-state index in [1.807, 2.05) is 24.3 Å². The van der Waals surface area contributed by atoms with Crippen molar-refractivity contribution in [2.24, 2.45) is 11.8 Å². The van der Waals surface area contributed by atoms with Gasteiger partial charge in [0.05, 0.1) is 6.61 Å². The quantitative estimate of drug-likeness (QED) is 0.869. The topological polar surface area (TPSA) is 21.3 Å². The molecule has 3 heteroatoms. The first-order valence-corrected chi connectivity index (χ1v) is 6.71. The molecule has 0 aliphatic carbocycles. The molecule has 2 unspecified atom stereocenters. The summed E-state index contributed by atoms with van der Waals surface area (Å²) in [5.74, 6) is 2.35. The zero-order chi connectivity index (χ0) is 12.1. The standard InChI is InChI=1S/C14H20ClNO/c1-11(8-12-6-7-16-9-12)10-17-14-4-2-13(15)3-5-14/h2-5,11-12,16H,6-10H2,1H3. The Balaban J connectivity index is 1.71. The van der Waals surface area contributed by atoms with Gasteiger partial charge in [0.15, 0.2) is 0 Å². The Labute approximate surface area is 108 Å². The van der Waals surface area contributed by atoms with Crippen LogP contribution in [0.4, 0.5) is 0 Å². The third-order valence-corrected chi connectivity index (χ3v) is 3.50. The second-order valence-electron chi connectivity index (χ2n) is 4.96. The highest BCUT2D eigenvalue weighted by Gasteiger charge is 2.17. The van der Waals surface area contributed by atoms with Gasteiger partial charge in [-0.15, -0.1) is 0 Å². The van der Waals surface area contributed by atoms with Crippen molar-refractivity contribution in [2.75, 3.05) is 19.7 Å². The van der Waals surface area contributed by atoms with Crippen molar-refractivity contribution in [1.29, 1.82) is 0 Å². The van der Waals surface area contributed by atoms with Crippen LogP contribution in [-0.4, -0.2) is 19.7 Å². The van der Waals surface area contributed by atoms with Gasteiger partial charge in [0.25, 0.3) is 0 Å². The molecule has 1 N–H and O–H groups in total. The van der Waals surface area contributed by atoms with Crippen LogP contribution in [0, 0.1) is 11.8 Å². The van der Waals surface area contributed by atoms with E-state index in [0.29, 0.717) is 5.92 Å². The minimum atomic E-state index is 0.607. The van der Waals surface area contributed by atoms with Crippen molar-refractivity contribution in [1.82, 2.24) is 5.32 Å². The van der Waals surface area contributed by atoms with Crippen LogP contribution < -0.4 is 10.1 Å². The molecule has 2 rings (SSSR count). The van der Waals surface area contributed by atoms with E-state index < -0.39 is 0 Å². The third-order valence-electron chi connectivity index (χ3n) is 3.25. The first kappa shape index (κ1) is 12.7. The van der Waals surface area contributed by atoms with Gasteiger partial charge in [-0.2, -0.15) is 0 Å². The molecule has 17 heavy (non-hydrogen) atoms. The molecule has 1 saturated heterocycles. The second-order valence-corrected chi connectivity index (χ2v) is 5.40. The maximum atomic E-state index is 5.83. The van der Waals surface area contributed by atoms with Crippen molar-refractivity contribution in [3.63, 3.8) is 0 Å². The van der Waals surface area contributed by atoms with Gasteiger partial charge in [-0.05, 0) is 62.0 Å². The van der Waals surface area contributed by atoms with Gasteiger partial charge in [-0.3, -0.25) is 0 Å². The van der Waals surface area contributed by atoms with Gasteiger partial charge in [0, 0.05) is 5.02 Å². The molecular weight excluding hydrogens is 234 g/mol. The summed E-state index contributed by atoms with van der Waals surface area (Å²) in [6, 6.07) is 7.57. The fourth-order valence-corrected chi connectivity index (χ4v) is 2.45. The van der Waals surface area contributed by atoms with Crippen molar-refractivity contribution < 1.29 is 4.74 Å². The number of nitrogens with one attached hydrogen (secondary N) is 1. The summed E-state index contributed by atoms with van der Waals surface area (Å²) in [4.78, 5) is 0. The van der Waals surface area contributed by atoms with Gasteiger partial charge in [0.2, 0.25) is 0 Å². The summed E-state index contributed by atoms with van der Waals surface area (Å²) in [7, 11) is 0. The molecule has 0 radical (unpaired) electrons. The second kappa shape index (κ2) is 6.27. The minimum Gasteiger partial charge on any atom is -0.493 e. The first-order valence-electron chi connectivity index (χ1n) is 6.33. The molecule has 94 valence electrons. The molecule has 1 aromatic rings. The molecule has 2 nitrogen and oxygen atoms in total. The van der Waals surface area contributed by atoms with Crippen molar-refractivity contribution in [3.8, 4) is 5.75 Å². The fourth-order valence-electron chi connectivity index (χ4n) is 2.32. The van der Waals surface area contributed by atoms with Crippen molar-refractivity contribution in [3.05, 3.63) is 29.3 Å². The van der Waals surface area contributed by atoms with E-state index >= 15 is 0 Å². The minimum absolute atomic E-state index is 0.607. The van der Waals surface area contributed by atoms with Gasteiger partial charge in [-0.1, -0.05) is 18.5 Å². The molecule has 2 atom stereocenters. The van der Waals surface area contributed by atoms with Crippen LogP contribution in [0.2, 0.25) is 5.02 Å². The van der Waals surface area contributed by atoms with Crippen LogP contribution in [0.5, 0.6) is 5.75 Å². The van der Waals surface area contributed by atoms with Crippen molar-refractivity contribution >= 4 is 11.6 Å². The lowest BCUT2D eigenvalue weighted by atomic mass is 9.96. The molecule has 0 saturated carbocycles. The molecule has 1 aromatic carbocycles. The number of rotatable bonds is 5. The van der Waals surface area contributed by atoms with Gasteiger partial charge in [0.1, 0.15) is 5.75 Å². The summed E-state index contributed by atoms with van der Waals surface area (Å²) in [5.41, 5.74) is 0.